The number of ether oxygens (including phenoxy) is 2. The Hall–Kier alpha value is -3.05. The molecule has 0 bridgehead atoms. The summed E-state index contributed by atoms with van der Waals surface area (Å²) in [5.74, 6) is -0.253. The van der Waals surface area contributed by atoms with Gasteiger partial charge in [0.05, 0.1) is 17.2 Å². The first-order valence-electron chi connectivity index (χ1n) is 8.45. The fourth-order valence-electron chi connectivity index (χ4n) is 2.63. The number of anilines is 1. The lowest BCUT2D eigenvalue weighted by Crippen LogP contribution is -2.20. The first kappa shape index (κ1) is 18.7. The highest BCUT2D eigenvalue weighted by Gasteiger charge is 2.13. The van der Waals surface area contributed by atoms with Gasteiger partial charge in [-0.1, -0.05) is 48.0 Å². The van der Waals surface area contributed by atoms with E-state index in [2.05, 4.69) is 5.32 Å². The maximum Gasteiger partial charge on any atom is 0.339 e. The van der Waals surface area contributed by atoms with Crippen molar-refractivity contribution in [3.05, 3.63) is 71.2 Å². The Bertz CT molecular complexity index is 982. The van der Waals surface area contributed by atoms with E-state index in [1.807, 2.05) is 42.5 Å². The lowest BCUT2D eigenvalue weighted by molar-refractivity contribution is -0.118. The van der Waals surface area contributed by atoms with E-state index < -0.39 is 5.97 Å². The van der Waals surface area contributed by atoms with Crippen LogP contribution in [0.25, 0.3) is 10.8 Å². The molecule has 0 aliphatic carbocycles. The highest BCUT2D eigenvalue weighted by atomic mass is 35.5. The van der Waals surface area contributed by atoms with E-state index in [0.29, 0.717) is 11.4 Å². The van der Waals surface area contributed by atoms with E-state index in [0.717, 1.165) is 10.8 Å². The Labute approximate surface area is 161 Å². The van der Waals surface area contributed by atoms with Gasteiger partial charge in [-0.3, -0.25) is 4.79 Å². The largest absolute Gasteiger partial charge is 0.483 e. The highest BCUT2D eigenvalue weighted by molar-refractivity contribution is 6.33. The van der Waals surface area contributed by atoms with Gasteiger partial charge in [0, 0.05) is 11.1 Å². The molecule has 0 heterocycles. The van der Waals surface area contributed by atoms with Crippen molar-refractivity contribution in [2.45, 2.75) is 6.92 Å². The van der Waals surface area contributed by atoms with Crippen LogP contribution in [-0.4, -0.2) is 25.1 Å². The van der Waals surface area contributed by atoms with Gasteiger partial charge in [-0.2, -0.15) is 0 Å². The topological polar surface area (TPSA) is 64.6 Å². The van der Waals surface area contributed by atoms with E-state index in [1.54, 1.807) is 13.0 Å². The Morgan fingerprint density at radius 2 is 1.81 bits per heavy atom. The second kappa shape index (κ2) is 8.56. The van der Waals surface area contributed by atoms with E-state index in [1.165, 1.54) is 12.1 Å². The zero-order valence-electron chi connectivity index (χ0n) is 14.7. The first-order chi connectivity index (χ1) is 13.1. The molecule has 6 heteroatoms. The minimum absolute atomic E-state index is 0.161. The number of fused-ring (bicyclic) bond motifs is 1. The number of hydrogen-bond donors (Lipinski definition) is 1. The molecule has 0 aliphatic heterocycles. The maximum absolute atomic E-state index is 12.2. The fourth-order valence-corrected chi connectivity index (χ4v) is 2.82. The lowest BCUT2D eigenvalue weighted by atomic mass is 10.1. The maximum atomic E-state index is 12.2. The van der Waals surface area contributed by atoms with E-state index in [-0.39, 0.29) is 29.7 Å². The third-order valence-corrected chi connectivity index (χ3v) is 4.18. The van der Waals surface area contributed by atoms with Gasteiger partial charge < -0.3 is 14.8 Å². The lowest BCUT2D eigenvalue weighted by Gasteiger charge is -2.11. The van der Waals surface area contributed by atoms with Crippen LogP contribution in [0.2, 0.25) is 5.02 Å². The van der Waals surface area contributed by atoms with Crippen molar-refractivity contribution < 1.29 is 19.1 Å². The van der Waals surface area contributed by atoms with Crippen molar-refractivity contribution in [2.24, 2.45) is 0 Å². The van der Waals surface area contributed by atoms with Crippen molar-refractivity contribution in [3.8, 4) is 5.75 Å². The molecule has 0 atom stereocenters. The predicted octanol–water partition coefficient (Wildman–Crippen LogP) is 4.69. The van der Waals surface area contributed by atoms with Crippen LogP contribution in [0.15, 0.2) is 60.7 Å². The normalized spacial score (nSPS) is 10.4. The minimum atomic E-state index is -0.536. The quantitative estimate of drug-likeness (QED) is 0.627. The molecule has 27 heavy (non-hydrogen) atoms. The summed E-state index contributed by atoms with van der Waals surface area (Å²) in [5, 5.41) is 4.93. The highest BCUT2D eigenvalue weighted by Crippen LogP contribution is 2.25. The molecule has 0 unspecified atom stereocenters. The fraction of sp³-hybridized carbons (Fsp3) is 0.143. The van der Waals surface area contributed by atoms with Crippen molar-refractivity contribution in [1.82, 2.24) is 0 Å². The summed E-state index contributed by atoms with van der Waals surface area (Å²) in [6, 6.07) is 18.1. The molecule has 0 aliphatic rings. The van der Waals surface area contributed by atoms with Gasteiger partial charge in [-0.05, 0) is 36.6 Å². The third kappa shape index (κ3) is 4.57. The molecular weight excluding hydrogens is 366 g/mol. The molecule has 1 N–H and O–H groups in total. The molecule has 3 aromatic carbocycles. The van der Waals surface area contributed by atoms with Crippen molar-refractivity contribution in [3.63, 3.8) is 0 Å². The van der Waals surface area contributed by atoms with Gasteiger partial charge in [-0.15, -0.1) is 0 Å². The molecule has 3 rings (SSSR count). The molecule has 0 fully saturated rings. The number of amides is 1. The smallest absolute Gasteiger partial charge is 0.339 e. The van der Waals surface area contributed by atoms with E-state index in [4.69, 9.17) is 21.1 Å². The molecule has 0 spiro atoms. The minimum Gasteiger partial charge on any atom is -0.483 e. The number of rotatable bonds is 6. The second-order valence-corrected chi connectivity index (χ2v) is 6.14. The summed E-state index contributed by atoms with van der Waals surface area (Å²) in [6.45, 7) is 1.79. The monoisotopic (exact) mass is 383 g/mol. The first-order valence-corrected chi connectivity index (χ1v) is 8.83. The average molecular weight is 384 g/mol. The van der Waals surface area contributed by atoms with Crippen LogP contribution in [0.1, 0.15) is 17.3 Å². The molecule has 3 aromatic rings. The Balaban J connectivity index is 1.67. The summed E-state index contributed by atoms with van der Waals surface area (Å²) in [5.41, 5.74) is 0.639. The van der Waals surface area contributed by atoms with Crippen LogP contribution in [0.5, 0.6) is 5.75 Å². The van der Waals surface area contributed by atoms with Crippen LogP contribution < -0.4 is 10.1 Å². The molecule has 5 nitrogen and oxygen atoms in total. The summed E-state index contributed by atoms with van der Waals surface area (Å²) < 4.78 is 10.6. The number of halogens is 1. The molecule has 0 aromatic heterocycles. The SMILES string of the molecule is CCOC(=O)c1cc(NC(=O)COc2cccc3ccccc23)ccc1Cl. The Morgan fingerprint density at radius 3 is 2.63 bits per heavy atom. The molecule has 1 amide bonds. The van der Waals surface area contributed by atoms with Crippen LogP contribution >= 0.6 is 11.6 Å². The number of nitrogens with one attached hydrogen (secondary N) is 1. The molecule has 0 radical (unpaired) electrons. The van der Waals surface area contributed by atoms with Gasteiger partial charge >= 0.3 is 5.97 Å². The zero-order chi connectivity index (χ0) is 19.2. The number of benzene rings is 3. The number of carbonyl (C=O) groups excluding carboxylic acids is 2. The molecule has 0 saturated heterocycles. The molecule has 138 valence electrons. The summed E-state index contributed by atoms with van der Waals surface area (Å²) in [6.07, 6.45) is 0. The van der Waals surface area contributed by atoms with Crippen molar-refractivity contribution in [1.29, 1.82) is 0 Å². The van der Waals surface area contributed by atoms with Crippen molar-refractivity contribution in [2.75, 3.05) is 18.5 Å². The number of carbonyl (C=O) groups is 2. The van der Waals surface area contributed by atoms with Crippen LogP contribution in [0, 0.1) is 0 Å². The number of hydrogen-bond acceptors (Lipinski definition) is 4. The molecule has 0 saturated carbocycles. The van der Waals surface area contributed by atoms with Gasteiger partial charge in [0.2, 0.25) is 0 Å². The van der Waals surface area contributed by atoms with Crippen LogP contribution in [-0.2, 0) is 9.53 Å². The Morgan fingerprint density at radius 1 is 1.04 bits per heavy atom. The third-order valence-electron chi connectivity index (χ3n) is 3.85. The van der Waals surface area contributed by atoms with Gasteiger partial charge in [0.1, 0.15) is 5.75 Å². The van der Waals surface area contributed by atoms with Gasteiger partial charge in [0.15, 0.2) is 6.61 Å². The standard InChI is InChI=1S/C21H18ClNO4/c1-2-26-21(25)17-12-15(10-11-18(17)22)23-20(24)13-27-19-9-5-7-14-6-3-4-8-16(14)19/h3-12H,2,13H2,1H3,(H,23,24). The van der Waals surface area contributed by atoms with E-state index >= 15 is 0 Å². The molecular formula is C21H18ClNO4. The average Bonchev–Trinajstić information content (AvgIpc) is 2.68. The van der Waals surface area contributed by atoms with E-state index in [9.17, 15) is 9.59 Å². The number of esters is 1. The van der Waals surface area contributed by atoms with Crippen molar-refractivity contribution >= 4 is 39.9 Å². The second-order valence-electron chi connectivity index (χ2n) is 5.73. The summed E-state index contributed by atoms with van der Waals surface area (Å²) in [4.78, 5) is 24.1. The van der Waals surface area contributed by atoms with Crippen LogP contribution in [0.3, 0.4) is 0 Å². The van der Waals surface area contributed by atoms with Gasteiger partial charge in [-0.25, -0.2) is 4.79 Å². The summed E-state index contributed by atoms with van der Waals surface area (Å²) >= 11 is 6.02. The zero-order valence-corrected chi connectivity index (χ0v) is 15.5. The predicted molar refractivity (Wildman–Crippen MR) is 105 cm³/mol. The summed E-state index contributed by atoms with van der Waals surface area (Å²) in [7, 11) is 0. The Kier molecular flexibility index (Phi) is 5.94. The van der Waals surface area contributed by atoms with Gasteiger partial charge in [0.25, 0.3) is 5.91 Å². The van der Waals surface area contributed by atoms with Crippen LogP contribution in [0.4, 0.5) is 5.69 Å².